The van der Waals surface area contributed by atoms with Gasteiger partial charge in [-0.3, -0.25) is 29.2 Å². The summed E-state index contributed by atoms with van der Waals surface area (Å²) in [4.78, 5) is 44.3. The molecule has 194 valence electrons. The van der Waals surface area contributed by atoms with E-state index >= 15 is 0 Å². The van der Waals surface area contributed by atoms with Crippen molar-refractivity contribution in [3.63, 3.8) is 0 Å². The largest absolute Gasteiger partial charge is 0.384 e. The third-order valence-electron chi connectivity index (χ3n) is 5.13. The molecule has 3 heterocycles. The zero-order valence-electron chi connectivity index (χ0n) is 20.1. The lowest BCUT2D eigenvalue weighted by Gasteiger charge is -1.99. The number of amides is 2. The summed E-state index contributed by atoms with van der Waals surface area (Å²) in [6.07, 6.45) is 3.25. The quantitative estimate of drug-likeness (QED) is 0.285. The van der Waals surface area contributed by atoms with Gasteiger partial charge in [0.25, 0.3) is 11.8 Å². The SMILES string of the molecule is Nc1ccc(N=Nc2ccccc2)c(N)n1.O=C1NOCC1N=Cc1ccc(C=NC2CONC2=O)cc1. The molecular weight excluding hydrogens is 490 g/mol. The van der Waals surface area contributed by atoms with Crippen LogP contribution in [-0.4, -0.2) is 54.5 Å². The summed E-state index contributed by atoms with van der Waals surface area (Å²) >= 11 is 0. The number of hydrogen-bond acceptors (Lipinski definition) is 11. The van der Waals surface area contributed by atoms with Gasteiger partial charge in [0, 0.05) is 12.4 Å². The van der Waals surface area contributed by atoms with Crippen LogP contribution in [0.4, 0.5) is 23.0 Å². The fourth-order valence-corrected chi connectivity index (χ4v) is 3.09. The van der Waals surface area contributed by atoms with Gasteiger partial charge in [0.2, 0.25) is 0 Å². The lowest BCUT2D eigenvalue weighted by atomic mass is 10.1. The first-order valence-corrected chi connectivity index (χ1v) is 11.5. The van der Waals surface area contributed by atoms with E-state index < -0.39 is 12.1 Å². The van der Waals surface area contributed by atoms with E-state index in [1.165, 1.54) is 0 Å². The van der Waals surface area contributed by atoms with Gasteiger partial charge in [0.05, 0.1) is 5.69 Å². The van der Waals surface area contributed by atoms with Crippen LogP contribution >= 0.6 is 0 Å². The van der Waals surface area contributed by atoms with E-state index in [0.29, 0.717) is 11.5 Å². The normalized spacial score (nSPS) is 19.1. The van der Waals surface area contributed by atoms with Gasteiger partial charge < -0.3 is 11.5 Å². The van der Waals surface area contributed by atoms with Crippen LogP contribution in [0, 0.1) is 0 Å². The smallest absolute Gasteiger partial charge is 0.270 e. The van der Waals surface area contributed by atoms with Crippen molar-refractivity contribution >= 4 is 47.3 Å². The first kappa shape index (κ1) is 26.1. The molecule has 5 rings (SSSR count). The van der Waals surface area contributed by atoms with Crippen molar-refractivity contribution < 1.29 is 19.3 Å². The zero-order valence-corrected chi connectivity index (χ0v) is 20.1. The average molecular weight is 516 g/mol. The molecule has 13 nitrogen and oxygen atoms in total. The van der Waals surface area contributed by atoms with Crippen LogP contribution in [0.1, 0.15) is 11.1 Å². The molecule has 0 bridgehead atoms. The maximum absolute atomic E-state index is 11.3. The van der Waals surface area contributed by atoms with Gasteiger partial charge in [0.15, 0.2) is 17.9 Å². The fraction of sp³-hybridized carbons (Fsp3) is 0.160. The number of azo groups is 1. The number of nitrogens with two attached hydrogens (primary N) is 2. The van der Waals surface area contributed by atoms with Crippen LogP contribution in [0.3, 0.4) is 0 Å². The molecule has 2 atom stereocenters. The molecule has 6 N–H and O–H groups in total. The summed E-state index contributed by atoms with van der Waals surface area (Å²) < 4.78 is 0. The van der Waals surface area contributed by atoms with Crippen molar-refractivity contribution in [3.8, 4) is 0 Å². The minimum Gasteiger partial charge on any atom is -0.384 e. The number of hydroxylamine groups is 2. The number of nitrogen functional groups attached to an aromatic ring is 2. The van der Waals surface area contributed by atoms with E-state index in [0.717, 1.165) is 16.8 Å². The molecule has 0 radical (unpaired) electrons. The van der Waals surface area contributed by atoms with Crippen molar-refractivity contribution in [2.45, 2.75) is 12.1 Å². The van der Waals surface area contributed by atoms with Crippen LogP contribution < -0.4 is 22.4 Å². The number of benzene rings is 2. The Balaban J connectivity index is 0.000000186. The van der Waals surface area contributed by atoms with Crippen molar-refractivity contribution in [2.24, 2.45) is 20.2 Å². The Morgan fingerprint density at radius 2 is 1.32 bits per heavy atom. The topological polar surface area (TPSA) is 191 Å². The Hall–Kier alpha value is -5.01. The second-order valence-corrected chi connectivity index (χ2v) is 7.99. The average Bonchev–Trinajstić information content (AvgIpc) is 3.54. The number of anilines is 2. The molecule has 0 saturated carbocycles. The van der Waals surface area contributed by atoms with E-state index in [4.69, 9.17) is 21.1 Å². The maximum atomic E-state index is 11.3. The standard InChI is InChI=1S/C14H14N4O4.C11H11N5/c19-13-11(7-21-17-13)15-5-9-1-2-10(4-3-9)6-16-12-8-22-18-14(12)20;12-10-7-6-9(11(13)14-10)16-15-8-4-2-1-3-5-8/h1-6,11-12H,7-8H2,(H,17,19)(H,18,20);1-7H,(H4,12,13,14). The van der Waals surface area contributed by atoms with Gasteiger partial charge in [-0.1, -0.05) is 42.5 Å². The summed E-state index contributed by atoms with van der Waals surface area (Å²) in [6, 6.07) is 19.1. The molecular formula is C25H25N9O4. The molecule has 0 spiro atoms. The van der Waals surface area contributed by atoms with Crippen molar-refractivity contribution in [1.29, 1.82) is 0 Å². The Bertz CT molecular complexity index is 1290. The third-order valence-corrected chi connectivity index (χ3v) is 5.13. The van der Waals surface area contributed by atoms with Gasteiger partial charge in [0.1, 0.15) is 24.7 Å². The Labute approximate surface area is 217 Å². The summed E-state index contributed by atoms with van der Waals surface area (Å²) in [7, 11) is 0. The Morgan fingerprint density at radius 3 is 1.79 bits per heavy atom. The van der Waals surface area contributed by atoms with Crippen LogP contribution in [0.25, 0.3) is 0 Å². The fourth-order valence-electron chi connectivity index (χ4n) is 3.09. The highest BCUT2D eigenvalue weighted by molar-refractivity contribution is 5.89. The maximum Gasteiger partial charge on any atom is 0.270 e. The summed E-state index contributed by atoms with van der Waals surface area (Å²) in [5.41, 5.74) is 18.6. The van der Waals surface area contributed by atoms with Crippen LogP contribution in [0.15, 0.2) is 86.9 Å². The van der Waals surface area contributed by atoms with E-state index in [9.17, 15) is 9.59 Å². The molecule has 38 heavy (non-hydrogen) atoms. The van der Waals surface area contributed by atoms with E-state index in [1.54, 1.807) is 24.6 Å². The molecule has 2 aliphatic heterocycles. The number of carbonyl (C=O) groups excluding carboxylic acids is 2. The van der Waals surface area contributed by atoms with E-state index in [-0.39, 0.29) is 30.8 Å². The van der Waals surface area contributed by atoms with E-state index in [2.05, 4.69) is 36.2 Å². The highest BCUT2D eigenvalue weighted by Crippen LogP contribution is 2.23. The van der Waals surface area contributed by atoms with Crippen molar-refractivity contribution in [3.05, 3.63) is 77.9 Å². The lowest BCUT2D eigenvalue weighted by molar-refractivity contribution is -0.125. The number of rotatable bonds is 6. The number of hydrogen-bond donors (Lipinski definition) is 4. The van der Waals surface area contributed by atoms with Gasteiger partial charge in [-0.25, -0.2) is 15.9 Å². The summed E-state index contributed by atoms with van der Waals surface area (Å²) in [6.45, 7) is 0.483. The Kier molecular flexibility index (Phi) is 8.78. The van der Waals surface area contributed by atoms with Gasteiger partial charge in [-0.15, -0.1) is 5.11 Å². The minimum absolute atomic E-state index is 0.239. The van der Waals surface area contributed by atoms with Gasteiger partial charge in [-0.2, -0.15) is 5.11 Å². The molecule has 2 aromatic carbocycles. The molecule has 2 saturated heterocycles. The Morgan fingerprint density at radius 1 is 0.763 bits per heavy atom. The van der Waals surface area contributed by atoms with Crippen LogP contribution in [0.2, 0.25) is 0 Å². The molecule has 2 fully saturated rings. The second-order valence-electron chi connectivity index (χ2n) is 7.99. The second kappa shape index (κ2) is 12.8. The highest BCUT2D eigenvalue weighted by Gasteiger charge is 2.24. The summed E-state index contributed by atoms with van der Waals surface area (Å²) in [5.74, 6) is 0.171. The monoisotopic (exact) mass is 515 g/mol. The highest BCUT2D eigenvalue weighted by atomic mass is 16.7. The zero-order chi connectivity index (χ0) is 26.7. The molecule has 13 heteroatoms. The van der Waals surface area contributed by atoms with E-state index in [1.807, 2.05) is 54.6 Å². The van der Waals surface area contributed by atoms with Crippen LogP contribution in [-0.2, 0) is 19.3 Å². The number of carbonyl (C=O) groups is 2. The van der Waals surface area contributed by atoms with Crippen molar-refractivity contribution in [1.82, 2.24) is 15.9 Å². The first-order valence-electron chi connectivity index (χ1n) is 11.5. The number of aliphatic imine (C=N–C) groups is 2. The minimum atomic E-state index is -0.498. The molecule has 1 aromatic heterocycles. The summed E-state index contributed by atoms with van der Waals surface area (Å²) in [5, 5.41) is 8.03. The third kappa shape index (κ3) is 7.49. The molecule has 2 aliphatic rings. The number of nitrogens with zero attached hydrogens (tertiary/aromatic N) is 5. The molecule has 2 unspecified atom stereocenters. The first-order chi connectivity index (χ1) is 18.5. The van der Waals surface area contributed by atoms with Gasteiger partial charge in [-0.05, 0) is 35.4 Å². The number of nitrogens with one attached hydrogen (secondary N) is 2. The predicted octanol–water partition coefficient (Wildman–Crippen LogP) is 2.05. The van der Waals surface area contributed by atoms with Crippen molar-refractivity contribution in [2.75, 3.05) is 24.7 Å². The lowest BCUT2D eigenvalue weighted by Crippen LogP contribution is -2.21. The van der Waals surface area contributed by atoms with Gasteiger partial charge >= 0.3 is 0 Å². The predicted molar refractivity (Wildman–Crippen MR) is 141 cm³/mol. The molecule has 2 amide bonds. The molecule has 0 aliphatic carbocycles. The molecule has 3 aromatic rings. The number of pyridine rings is 1. The van der Waals surface area contributed by atoms with Crippen LogP contribution in [0.5, 0.6) is 0 Å². The number of aromatic nitrogens is 1.